The topological polar surface area (TPSA) is 44.8 Å². The van der Waals surface area contributed by atoms with E-state index in [4.69, 9.17) is 25.2 Å². The Bertz CT molecular complexity index is 901. The van der Waals surface area contributed by atoms with Crippen LogP contribution in [-0.2, 0) is 31.4 Å². The van der Waals surface area contributed by atoms with Crippen LogP contribution in [0, 0.1) is 0 Å². The summed E-state index contributed by atoms with van der Waals surface area (Å²) in [4.78, 5) is 0. The van der Waals surface area contributed by atoms with Gasteiger partial charge in [0.2, 0.25) is 0 Å². The third-order valence-corrected chi connectivity index (χ3v) is 5.78. The molecule has 0 saturated carbocycles. The number of phosphoric ester groups is 1. The van der Waals surface area contributed by atoms with Gasteiger partial charge >= 0.3 is 7.82 Å². The SMILES string of the molecule is O=P(OCc1ccccc1)(OCc1ccccc1)OCC(Cl)/C=C/c1ccccc1. The summed E-state index contributed by atoms with van der Waals surface area (Å²) >= 11 is 6.33. The summed E-state index contributed by atoms with van der Waals surface area (Å²) < 4.78 is 29.9. The van der Waals surface area contributed by atoms with Crippen molar-refractivity contribution in [2.75, 3.05) is 6.61 Å². The summed E-state index contributed by atoms with van der Waals surface area (Å²) in [7, 11) is -3.82. The average Bonchev–Trinajstić information content (AvgIpc) is 2.81. The fraction of sp³-hybridized carbons (Fsp3) is 0.167. The van der Waals surface area contributed by atoms with Gasteiger partial charge in [-0.15, -0.1) is 11.6 Å². The summed E-state index contributed by atoms with van der Waals surface area (Å²) in [6.07, 6.45) is 3.68. The zero-order valence-corrected chi connectivity index (χ0v) is 18.1. The molecule has 0 radical (unpaired) electrons. The molecule has 1 atom stereocenters. The normalized spacial score (nSPS) is 12.8. The standard InChI is InChI=1S/C24H24ClO4P/c25-24(17-16-21-10-4-1-5-11-21)20-29-30(26,27-18-22-12-6-2-7-13-22)28-19-23-14-8-3-9-15-23/h1-17,24H,18-20H2/b17-16+. The first-order valence-corrected chi connectivity index (χ1v) is 11.5. The molecule has 0 aromatic heterocycles. The highest BCUT2D eigenvalue weighted by atomic mass is 35.5. The second kappa shape index (κ2) is 11.8. The van der Waals surface area contributed by atoms with Crippen LogP contribution >= 0.6 is 19.4 Å². The van der Waals surface area contributed by atoms with E-state index in [-0.39, 0.29) is 19.8 Å². The molecule has 0 fully saturated rings. The lowest BCUT2D eigenvalue weighted by Gasteiger charge is -2.19. The van der Waals surface area contributed by atoms with Crippen molar-refractivity contribution in [2.24, 2.45) is 0 Å². The molecule has 0 aliphatic carbocycles. The highest BCUT2D eigenvalue weighted by molar-refractivity contribution is 7.48. The molecule has 0 amide bonds. The largest absolute Gasteiger partial charge is 0.475 e. The molecular formula is C24H24ClO4P. The van der Waals surface area contributed by atoms with Gasteiger partial charge < -0.3 is 0 Å². The molecule has 0 bridgehead atoms. The molecule has 6 heteroatoms. The lowest BCUT2D eigenvalue weighted by molar-refractivity contribution is 0.105. The van der Waals surface area contributed by atoms with Gasteiger partial charge in [-0.1, -0.05) is 103 Å². The van der Waals surface area contributed by atoms with E-state index < -0.39 is 13.2 Å². The van der Waals surface area contributed by atoms with Gasteiger partial charge in [-0.3, -0.25) is 13.6 Å². The first-order valence-electron chi connectivity index (χ1n) is 9.62. The number of alkyl halides is 1. The molecule has 0 aliphatic heterocycles. The van der Waals surface area contributed by atoms with Gasteiger partial charge in [-0.05, 0) is 16.7 Å². The molecule has 3 aromatic rings. The number of benzene rings is 3. The molecule has 156 valence electrons. The highest BCUT2D eigenvalue weighted by Crippen LogP contribution is 2.51. The van der Waals surface area contributed by atoms with Gasteiger partial charge in [0.05, 0.1) is 25.2 Å². The van der Waals surface area contributed by atoms with Crippen LogP contribution in [-0.4, -0.2) is 12.0 Å². The van der Waals surface area contributed by atoms with E-state index in [1.807, 2.05) is 97.1 Å². The molecular weight excluding hydrogens is 419 g/mol. The number of hydrogen-bond acceptors (Lipinski definition) is 4. The van der Waals surface area contributed by atoms with Crippen LogP contribution in [0.5, 0.6) is 0 Å². The number of phosphoric acid groups is 1. The van der Waals surface area contributed by atoms with Gasteiger partial charge in [0, 0.05) is 0 Å². The molecule has 0 spiro atoms. The third-order valence-electron chi connectivity index (χ3n) is 4.15. The van der Waals surface area contributed by atoms with Crippen LogP contribution in [0.3, 0.4) is 0 Å². The van der Waals surface area contributed by atoms with Crippen molar-refractivity contribution < 1.29 is 18.1 Å². The van der Waals surface area contributed by atoms with Crippen molar-refractivity contribution in [1.82, 2.24) is 0 Å². The van der Waals surface area contributed by atoms with E-state index in [1.54, 1.807) is 6.08 Å². The second-order valence-electron chi connectivity index (χ2n) is 6.55. The van der Waals surface area contributed by atoms with Crippen LogP contribution in [0.1, 0.15) is 16.7 Å². The quantitative estimate of drug-likeness (QED) is 0.240. The Balaban J connectivity index is 1.60. The number of rotatable bonds is 11. The van der Waals surface area contributed by atoms with E-state index in [9.17, 15) is 4.57 Å². The number of halogens is 1. The molecule has 4 nitrogen and oxygen atoms in total. The van der Waals surface area contributed by atoms with Crippen LogP contribution < -0.4 is 0 Å². The van der Waals surface area contributed by atoms with Crippen molar-refractivity contribution in [3.05, 3.63) is 114 Å². The van der Waals surface area contributed by atoms with E-state index in [0.717, 1.165) is 16.7 Å². The highest BCUT2D eigenvalue weighted by Gasteiger charge is 2.28. The fourth-order valence-electron chi connectivity index (χ4n) is 2.57. The van der Waals surface area contributed by atoms with Gasteiger partial charge in [-0.25, -0.2) is 4.57 Å². The van der Waals surface area contributed by atoms with Crippen molar-refractivity contribution >= 4 is 25.5 Å². The van der Waals surface area contributed by atoms with Gasteiger partial charge in [0.15, 0.2) is 0 Å². The summed E-state index contributed by atoms with van der Waals surface area (Å²) in [5, 5.41) is -0.487. The molecule has 1 unspecified atom stereocenters. The second-order valence-corrected chi connectivity index (χ2v) is 8.78. The summed E-state index contributed by atoms with van der Waals surface area (Å²) in [5.74, 6) is 0. The predicted molar refractivity (Wildman–Crippen MR) is 121 cm³/mol. The molecule has 30 heavy (non-hydrogen) atoms. The lowest BCUT2D eigenvalue weighted by atomic mass is 10.2. The molecule has 0 saturated heterocycles. The maximum Gasteiger partial charge on any atom is 0.475 e. The summed E-state index contributed by atoms with van der Waals surface area (Å²) in [6.45, 7) is 0.213. The Kier molecular flexibility index (Phi) is 8.88. The minimum absolute atomic E-state index is 0.00819. The Morgan fingerprint density at radius 2 is 1.20 bits per heavy atom. The average molecular weight is 443 g/mol. The van der Waals surface area contributed by atoms with E-state index in [0.29, 0.717) is 0 Å². The van der Waals surface area contributed by atoms with Crippen molar-refractivity contribution in [2.45, 2.75) is 18.6 Å². The van der Waals surface area contributed by atoms with E-state index in [1.165, 1.54) is 0 Å². The smallest absolute Gasteiger partial charge is 0.285 e. The maximum absolute atomic E-state index is 13.2. The lowest BCUT2D eigenvalue weighted by Crippen LogP contribution is -2.08. The van der Waals surface area contributed by atoms with Gasteiger partial charge in [0.1, 0.15) is 0 Å². The van der Waals surface area contributed by atoms with E-state index in [2.05, 4.69) is 0 Å². The van der Waals surface area contributed by atoms with Crippen LogP contribution in [0.25, 0.3) is 6.08 Å². The van der Waals surface area contributed by atoms with Crippen molar-refractivity contribution in [1.29, 1.82) is 0 Å². The third kappa shape index (κ3) is 7.91. The summed E-state index contributed by atoms with van der Waals surface area (Å²) in [6, 6.07) is 28.7. The molecule has 3 rings (SSSR count). The zero-order valence-electron chi connectivity index (χ0n) is 16.5. The Hall–Kier alpha value is -2.20. The van der Waals surface area contributed by atoms with Crippen LogP contribution in [0.2, 0.25) is 0 Å². The van der Waals surface area contributed by atoms with Crippen molar-refractivity contribution in [3.8, 4) is 0 Å². The van der Waals surface area contributed by atoms with Crippen molar-refractivity contribution in [3.63, 3.8) is 0 Å². The first-order chi connectivity index (χ1) is 14.6. The maximum atomic E-state index is 13.2. The minimum Gasteiger partial charge on any atom is -0.285 e. The monoisotopic (exact) mass is 442 g/mol. The minimum atomic E-state index is -3.82. The molecule has 0 N–H and O–H groups in total. The number of hydrogen-bond donors (Lipinski definition) is 0. The van der Waals surface area contributed by atoms with Gasteiger partial charge in [-0.2, -0.15) is 0 Å². The Labute approximate surface area is 182 Å². The molecule has 0 aliphatic rings. The van der Waals surface area contributed by atoms with E-state index >= 15 is 0 Å². The fourth-order valence-corrected chi connectivity index (χ4v) is 3.97. The molecule has 0 heterocycles. The predicted octanol–water partition coefficient (Wildman–Crippen LogP) is 6.87. The van der Waals surface area contributed by atoms with Gasteiger partial charge in [0.25, 0.3) is 0 Å². The summed E-state index contributed by atoms with van der Waals surface area (Å²) in [5.41, 5.74) is 2.76. The molecule has 3 aromatic carbocycles. The van der Waals surface area contributed by atoms with Crippen LogP contribution in [0.4, 0.5) is 0 Å². The van der Waals surface area contributed by atoms with Crippen LogP contribution in [0.15, 0.2) is 97.1 Å². The zero-order chi connectivity index (χ0) is 21.1. The Morgan fingerprint density at radius 1 is 0.733 bits per heavy atom. The Morgan fingerprint density at radius 3 is 1.70 bits per heavy atom. The first kappa shape index (κ1) is 22.5.